The van der Waals surface area contributed by atoms with Gasteiger partial charge in [-0.25, -0.2) is 0 Å². The van der Waals surface area contributed by atoms with Crippen molar-refractivity contribution < 1.29 is 13.2 Å². The van der Waals surface area contributed by atoms with Crippen molar-refractivity contribution in [2.75, 3.05) is 6.54 Å². The van der Waals surface area contributed by atoms with E-state index < -0.39 is 11.9 Å². The molecule has 98 valence electrons. The Hall–Kier alpha value is -1.78. The van der Waals surface area contributed by atoms with Gasteiger partial charge in [0.2, 0.25) is 0 Å². The van der Waals surface area contributed by atoms with Crippen LogP contribution in [0.2, 0.25) is 0 Å². The molecule has 1 aromatic rings. The van der Waals surface area contributed by atoms with Crippen molar-refractivity contribution in [2.45, 2.75) is 19.5 Å². The van der Waals surface area contributed by atoms with E-state index in [2.05, 4.69) is 4.99 Å². The largest absolute Gasteiger partial charge is 0.431 e. The first kappa shape index (κ1) is 14.3. The highest BCUT2D eigenvalue weighted by Gasteiger charge is 2.34. The minimum atomic E-state index is -4.55. The molecule has 0 radical (unpaired) electrons. The molecule has 5 heteroatoms. The van der Waals surface area contributed by atoms with Crippen LogP contribution in [-0.4, -0.2) is 18.9 Å². The van der Waals surface area contributed by atoms with Crippen LogP contribution < -0.4 is 5.73 Å². The van der Waals surface area contributed by atoms with E-state index in [9.17, 15) is 13.2 Å². The molecular weight excluding hydrogens is 241 g/mol. The lowest BCUT2D eigenvalue weighted by Crippen LogP contribution is -2.21. The lowest BCUT2D eigenvalue weighted by molar-refractivity contribution is -0.0918. The maximum absolute atomic E-state index is 12.6. The Morgan fingerprint density at radius 3 is 2.39 bits per heavy atom. The number of halogens is 3. The van der Waals surface area contributed by atoms with E-state index in [-0.39, 0.29) is 5.57 Å². The molecule has 0 bridgehead atoms. The third-order valence-corrected chi connectivity index (χ3v) is 2.25. The molecule has 18 heavy (non-hydrogen) atoms. The van der Waals surface area contributed by atoms with Crippen LogP contribution in [-0.2, 0) is 0 Å². The van der Waals surface area contributed by atoms with E-state index >= 15 is 0 Å². The molecule has 0 atom stereocenters. The number of nitrogens with zero attached hydrogens (tertiary/aromatic N) is 1. The van der Waals surface area contributed by atoms with Crippen molar-refractivity contribution in [3.63, 3.8) is 0 Å². The van der Waals surface area contributed by atoms with E-state index in [1.54, 1.807) is 30.3 Å². The van der Waals surface area contributed by atoms with Crippen LogP contribution in [0.25, 0.3) is 5.57 Å². The van der Waals surface area contributed by atoms with Gasteiger partial charge < -0.3 is 5.73 Å². The SMILES string of the molecule is CCCN=C/C(=C(\N)C(F)(F)F)c1ccccc1. The first-order valence-corrected chi connectivity index (χ1v) is 5.59. The normalized spacial score (nSPS) is 13.8. The summed E-state index contributed by atoms with van der Waals surface area (Å²) in [5, 5.41) is 0. The smallest absolute Gasteiger partial charge is 0.394 e. The molecule has 0 unspecified atom stereocenters. The van der Waals surface area contributed by atoms with Gasteiger partial charge in [0.05, 0.1) is 0 Å². The minimum absolute atomic E-state index is 0.0865. The Bertz CT molecular complexity index is 433. The van der Waals surface area contributed by atoms with Gasteiger partial charge in [0.25, 0.3) is 0 Å². The summed E-state index contributed by atoms with van der Waals surface area (Å²) >= 11 is 0. The molecule has 0 aliphatic carbocycles. The average Bonchev–Trinajstić information content (AvgIpc) is 2.34. The summed E-state index contributed by atoms with van der Waals surface area (Å²) in [5.74, 6) is 0. The predicted octanol–water partition coefficient (Wildman–Crippen LogP) is 3.40. The van der Waals surface area contributed by atoms with Crippen molar-refractivity contribution in [2.24, 2.45) is 10.7 Å². The van der Waals surface area contributed by atoms with Crippen LogP contribution >= 0.6 is 0 Å². The third kappa shape index (κ3) is 3.91. The Labute approximate surface area is 104 Å². The van der Waals surface area contributed by atoms with Crippen LogP contribution in [0, 0.1) is 0 Å². The van der Waals surface area contributed by atoms with E-state index in [0.29, 0.717) is 12.1 Å². The van der Waals surface area contributed by atoms with Crippen LogP contribution in [0.15, 0.2) is 41.0 Å². The van der Waals surface area contributed by atoms with Crippen molar-refractivity contribution in [3.05, 3.63) is 41.6 Å². The average molecular weight is 256 g/mol. The number of rotatable bonds is 4. The lowest BCUT2D eigenvalue weighted by Gasteiger charge is -2.11. The summed E-state index contributed by atoms with van der Waals surface area (Å²) in [5.41, 5.74) is 4.38. The second-order valence-corrected chi connectivity index (χ2v) is 3.73. The molecule has 0 saturated carbocycles. The molecule has 2 N–H and O–H groups in total. The maximum Gasteiger partial charge on any atom is 0.431 e. The van der Waals surface area contributed by atoms with Gasteiger partial charge in [0, 0.05) is 18.3 Å². The molecule has 0 aliphatic heterocycles. The Morgan fingerprint density at radius 1 is 1.28 bits per heavy atom. The quantitative estimate of drug-likeness (QED) is 0.824. The van der Waals surface area contributed by atoms with Crippen LogP contribution in [0.5, 0.6) is 0 Å². The lowest BCUT2D eigenvalue weighted by atomic mass is 10.0. The van der Waals surface area contributed by atoms with Crippen molar-refractivity contribution in [1.29, 1.82) is 0 Å². The fourth-order valence-corrected chi connectivity index (χ4v) is 1.35. The molecule has 1 rings (SSSR count). The van der Waals surface area contributed by atoms with Gasteiger partial charge in [0.1, 0.15) is 5.70 Å². The van der Waals surface area contributed by atoms with Gasteiger partial charge in [-0.15, -0.1) is 0 Å². The number of allylic oxidation sites excluding steroid dienone is 2. The summed E-state index contributed by atoms with van der Waals surface area (Å²) < 4.78 is 37.9. The van der Waals surface area contributed by atoms with Crippen LogP contribution in [0.3, 0.4) is 0 Å². The standard InChI is InChI=1S/C13H15F3N2/c1-2-8-18-9-11(12(17)13(14,15)16)10-6-4-3-5-7-10/h3-7,9H,2,8,17H2,1H3/b12-11+,18-9?. The summed E-state index contributed by atoms with van der Waals surface area (Å²) in [6, 6.07) is 8.20. The molecule has 2 nitrogen and oxygen atoms in total. The molecule has 0 heterocycles. The summed E-state index contributed by atoms with van der Waals surface area (Å²) in [6.07, 6.45) is -2.59. The molecule has 0 spiro atoms. The Kier molecular flexibility index (Phi) is 4.95. The van der Waals surface area contributed by atoms with Gasteiger partial charge in [-0.1, -0.05) is 37.3 Å². The zero-order valence-corrected chi connectivity index (χ0v) is 10.0. The summed E-state index contributed by atoms with van der Waals surface area (Å²) in [4.78, 5) is 3.94. The number of alkyl halides is 3. The predicted molar refractivity (Wildman–Crippen MR) is 67.3 cm³/mol. The fourth-order valence-electron chi connectivity index (χ4n) is 1.35. The topological polar surface area (TPSA) is 38.4 Å². The highest BCUT2D eigenvalue weighted by atomic mass is 19.4. The van der Waals surface area contributed by atoms with Crippen molar-refractivity contribution >= 4 is 11.8 Å². The number of hydrogen-bond acceptors (Lipinski definition) is 2. The van der Waals surface area contributed by atoms with E-state index in [0.717, 1.165) is 6.42 Å². The van der Waals surface area contributed by atoms with Gasteiger partial charge in [-0.2, -0.15) is 13.2 Å². The van der Waals surface area contributed by atoms with E-state index in [1.165, 1.54) is 6.21 Å². The Balaban J connectivity index is 3.19. The van der Waals surface area contributed by atoms with Crippen molar-refractivity contribution in [1.82, 2.24) is 0 Å². The minimum Gasteiger partial charge on any atom is -0.394 e. The van der Waals surface area contributed by atoms with Crippen LogP contribution in [0.4, 0.5) is 13.2 Å². The van der Waals surface area contributed by atoms with Gasteiger partial charge in [-0.3, -0.25) is 4.99 Å². The number of nitrogens with two attached hydrogens (primary N) is 1. The molecule has 0 aliphatic rings. The van der Waals surface area contributed by atoms with Gasteiger partial charge >= 0.3 is 6.18 Å². The zero-order valence-electron chi connectivity index (χ0n) is 10.0. The first-order chi connectivity index (χ1) is 8.46. The maximum atomic E-state index is 12.6. The fraction of sp³-hybridized carbons (Fsp3) is 0.308. The van der Waals surface area contributed by atoms with Crippen molar-refractivity contribution in [3.8, 4) is 0 Å². The highest BCUT2D eigenvalue weighted by molar-refractivity contribution is 6.11. The Morgan fingerprint density at radius 2 is 1.89 bits per heavy atom. The molecular formula is C13H15F3N2. The second-order valence-electron chi connectivity index (χ2n) is 3.73. The highest BCUT2D eigenvalue weighted by Crippen LogP contribution is 2.27. The molecule has 0 fully saturated rings. The first-order valence-electron chi connectivity index (χ1n) is 5.59. The summed E-state index contributed by atoms with van der Waals surface area (Å²) in [7, 11) is 0. The monoisotopic (exact) mass is 256 g/mol. The van der Waals surface area contributed by atoms with Crippen LogP contribution in [0.1, 0.15) is 18.9 Å². The number of benzene rings is 1. The molecule has 0 aromatic heterocycles. The number of aliphatic imine (C=N–C) groups is 1. The van der Waals surface area contributed by atoms with E-state index in [4.69, 9.17) is 5.73 Å². The molecule has 0 amide bonds. The third-order valence-electron chi connectivity index (χ3n) is 2.25. The summed E-state index contributed by atoms with van der Waals surface area (Å²) in [6.45, 7) is 2.37. The second kappa shape index (κ2) is 6.23. The molecule has 0 saturated heterocycles. The van der Waals surface area contributed by atoms with Gasteiger partial charge in [0.15, 0.2) is 0 Å². The van der Waals surface area contributed by atoms with E-state index in [1.807, 2.05) is 6.92 Å². The number of hydrogen-bond donors (Lipinski definition) is 1. The van der Waals surface area contributed by atoms with Gasteiger partial charge in [-0.05, 0) is 12.0 Å². The molecule has 1 aromatic carbocycles. The zero-order chi connectivity index (χ0) is 13.6.